The van der Waals surface area contributed by atoms with Crippen LogP contribution < -0.4 is 10.1 Å². The van der Waals surface area contributed by atoms with Crippen LogP contribution in [0, 0.1) is 5.92 Å². The largest absolute Gasteiger partial charge is 0.496 e. The smallest absolute Gasteiger partial charge is 0.328 e. The van der Waals surface area contributed by atoms with Gasteiger partial charge in [-0.2, -0.15) is 0 Å². The van der Waals surface area contributed by atoms with E-state index in [2.05, 4.69) is 5.32 Å². The Hall–Kier alpha value is -1.75. The number of hydrogen-bond donors (Lipinski definition) is 1. The number of hydrogen-bond acceptors (Lipinski definition) is 4. The van der Waals surface area contributed by atoms with Crippen LogP contribution in [0.25, 0.3) is 0 Å². The van der Waals surface area contributed by atoms with Crippen LogP contribution in [0.3, 0.4) is 0 Å². The van der Waals surface area contributed by atoms with Crippen molar-refractivity contribution in [3.63, 3.8) is 0 Å². The molecule has 6 heteroatoms. The van der Waals surface area contributed by atoms with E-state index in [9.17, 15) is 9.59 Å². The van der Waals surface area contributed by atoms with Crippen molar-refractivity contribution < 1.29 is 19.1 Å². The maximum atomic E-state index is 12.2. The molecule has 1 atom stereocenters. The summed E-state index contributed by atoms with van der Waals surface area (Å²) in [6, 6.07) is 4.43. The Balaban J connectivity index is 2.77. The number of benzene rings is 1. The molecule has 0 aliphatic heterocycles. The lowest BCUT2D eigenvalue weighted by Crippen LogP contribution is -2.43. The Morgan fingerprint density at radius 2 is 1.95 bits per heavy atom. The van der Waals surface area contributed by atoms with E-state index in [0.29, 0.717) is 22.8 Å². The van der Waals surface area contributed by atoms with Crippen molar-refractivity contribution in [2.24, 2.45) is 5.92 Å². The summed E-state index contributed by atoms with van der Waals surface area (Å²) in [5, 5.41) is 3.25. The standard InChI is InChI=1S/C16H22ClNO4/c1-10(2)7-13(16(20)22-4)18-15(19)8-11-5-6-12(17)9-14(11)21-3/h5-6,9-10,13H,7-8H2,1-4H3,(H,18,19). The molecule has 1 N–H and O–H groups in total. The minimum Gasteiger partial charge on any atom is -0.496 e. The third kappa shape index (κ3) is 5.56. The molecular weight excluding hydrogens is 306 g/mol. The van der Waals surface area contributed by atoms with Gasteiger partial charge in [-0.05, 0) is 24.5 Å². The van der Waals surface area contributed by atoms with Gasteiger partial charge in [-0.1, -0.05) is 31.5 Å². The molecule has 1 amide bonds. The fourth-order valence-corrected chi connectivity index (χ4v) is 2.27. The molecule has 0 spiro atoms. The second-order valence-electron chi connectivity index (χ2n) is 5.41. The number of esters is 1. The summed E-state index contributed by atoms with van der Waals surface area (Å²) < 4.78 is 9.94. The van der Waals surface area contributed by atoms with Crippen LogP contribution in [-0.4, -0.2) is 32.1 Å². The fraction of sp³-hybridized carbons (Fsp3) is 0.500. The van der Waals surface area contributed by atoms with E-state index in [1.54, 1.807) is 18.2 Å². The predicted molar refractivity (Wildman–Crippen MR) is 85.1 cm³/mol. The monoisotopic (exact) mass is 327 g/mol. The zero-order valence-corrected chi connectivity index (χ0v) is 14.1. The lowest BCUT2D eigenvalue weighted by molar-refractivity contribution is -0.145. The molecule has 0 heterocycles. The molecule has 1 rings (SSSR count). The molecule has 22 heavy (non-hydrogen) atoms. The average molecular weight is 328 g/mol. The van der Waals surface area contributed by atoms with Crippen molar-refractivity contribution in [2.75, 3.05) is 14.2 Å². The molecule has 0 aromatic heterocycles. The van der Waals surface area contributed by atoms with Crippen LogP contribution in [0.15, 0.2) is 18.2 Å². The van der Waals surface area contributed by atoms with Crippen LogP contribution in [0.4, 0.5) is 0 Å². The Kier molecular flexibility index (Phi) is 7.18. The van der Waals surface area contributed by atoms with Crippen molar-refractivity contribution in [2.45, 2.75) is 32.7 Å². The van der Waals surface area contributed by atoms with Gasteiger partial charge in [-0.15, -0.1) is 0 Å². The van der Waals surface area contributed by atoms with Crippen molar-refractivity contribution >= 4 is 23.5 Å². The molecule has 1 aromatic carbocycles. The summed E-state index contributed by atoms with van der Waals surface area (Å²) >= 11 is 5.89. The Bertz CT molecular complexity index is 531. The molecule has 0 saturated heterocycles. The first-order valence-electron chi connectivity index (χ1n) is 7.07. The molecule has 5 nitrogen and oxygen atoms in total. The number of methoxy groups -OCH3 is 2. The van der Waals surface area contributed by atoms with E-state index < -0.39 is 12.0 Å². The van der Waals surface area contributed by atoms with Gasteiger partial charge in [0.05, 0.1) is 20.6 Å². The first-order valence-corrected chi connectivity index (χ1v) is 7.44. The Morgan fingerprint density at radius 3 is 2.50 bits per heavy atom. The van der Waals surface area contributed by atoms with Crippen molar-refractivity contribution in [1.29, 1.82) is 0 Å². The minimum atomic E-state index is -0.643. The summed E-state index contributed by atoms with van der Waals surface area (Å²) in [5.41, 5.74) is 0.706. The van der Waals surface area contributed by atoms with Gasteiger partial charge in [0, 0.05) is 10.6 Å². The maximum absolute atomic E-state index is 12.2. The lowest BCUT2D eigenvalue weighted by Gasteiger charge is -2.18. The SMILES string of the molecule is COC(=O)C(CC(C)C)NC(=O)Cc1ccc(Cl)cc1OC. The lowest BCUT2D eigenvalue weighted by atomic mass is 10.0. The van der Waals surface area contributed by atoms with Gasteiger partial charge >= 0.3 is 5.97 Å². The Morgan fingerprint density at radius 1 is 1.27 bits per heavy atom. The van der Waals surface area contributed by atoms with E-state index in [4.69, 9.17) is 21.1 Å². The number of nitrogens with one attached hydrogen (secondary N) is 1. The molecule has 1 unspecified atom stereocenters. The second kappa shape index (κ2) is 8.63. The molecule has 1 aromatic rings. The number of carbonyl (C=O) groups excluding carboxylic acids is 2. The normalized spacial score (nSPS) is 11.9. The van der Waals surface area contributed by atoms with Gasteiger partial charge in [0.2, 0.25) is 5.91 Å². The van der Waals surface area contributed by atoms with Gasteiger partial charge < -0.3 is 14.8 Å². The molecular formula is C16H22ClNO4. The van der Waals surface area contributed by atoms with Crippen LogP contribution in [-0.2, 0) is 20.7 Å². The molecule has 0 radical (unpaired) electrons. The average Bonchev–Trinajstić information content (AvgIpc) is 2.47. The molecule has 0 saturated carbocycles. The second-order valence-corrected chi connectivity index (χ2v) is 5.84. The van der Waals surface area contributed by atoms with E-state index in [0.717, 1.165) is 0 Å². The Labute approximate surface area is 135 Å². The van der Waals surface area contributed by atoms with Crippen LogP contribution in [0.2, 0.25) is 5.02 Å². The van der Waals surface area contributed by atoms with Crippen molar-refractivity contribution in [1.82, 2.24) is 5.32 Å². The number of ether oxygens (including phenoxy) is 2. The van der Waals surface area contributed by atoms with Crippen LogP contribution in [0.1, 0.15) is 25.8 Å². The van der Waals surface area contributed by atoms with Gasteiger partial charge in [-0.25, -0.2) is 4.79 Å². The quantitative estimate of drug-likeness (QED) is 0.782. The third-order valence-corrected chi connectivity index (χ3v) is 3.36. The topological polar surface area (TPSA) is 64.6 Å². The summed E-state index contributed by atoms with van der Waals surface area (Å²) in [6.07, 6.45) is 0.627. The number of rotatable bonds is 7. The highest BCUT2D eigenvalue weighted by atomic mass is 35.5. The maximum Gasteiger partial charge on any atom is 0.328 e. The fourth-order valence-electron chi connectivity index (χ4n) is 2.11. The molecule has 0 fully saturated rings. The van der Waals surface area contributed by atoms with Crippen molar-refractivity contribution in [3.8, 4) is 5.75 Å². The highest BCUT2D eigenvalue weighted by molar-refractivity contribution is 6.30. The van der Waals surface area contributed by atoms with Gasteiger partial charge in [0.1, 0.15) is 11.8 Å². The predicted octanol–water partition coefficient (Wildman–Crippen LogP) is 2.60. The molecule has 122 valence electrons. The summed E-state index contributed by atoms with van der Waals surface area (Å²) in [7, 11) is 2.83. The van der Waals surface area contributed by atoms with Crippen LogP contribution in [0.5, 0.6) is 5.75 Å². The number of halogens is 1. The highest BCUT2D eigenvalue weighted by Crippen LogP contribution is 2.23. The number of carbonyl (C=O) groups is 2. The van der Waals surface area contributed by atoms with Gasteiger partial charge in [0.15, 0.2) is 0 Å². The first kappa shape index (κ1) is 18.3. The minimum absolute atomic E-state index is 0.103. The summed E-state index contributed by atoms with van der Waals surface area (Å²) in [4.78, 5) is 23.9. The molecule has 0 bridgehead atoms. The zero-order chi connectivity index (χ0) is 16.7. The summed E-state index contributed by atoms with van der Waals surface area (Å²) in [5.74, 6) is 0.0948. The van der Waals surface area contributed by atoms with Gasteiger partial charge in [-0.3, -0.25) is 4.79 Å². The molecule has 0 aliphatic rings. The van der Waals surface area contributed by atoms with Crippen molar-refractivity contribution in [3.05, 3.63) is 28.8 Å². The number of amides is 1. The highest BCUT2D eigenvalue weighted by Gasteiger charge is 2.23. The van der Waals surface area contributed by atoms with E-state index in [1.165, 1.54) is 14.2 Å². The first-order chi connectivity index (χ1) is 10.4. The van der Waals surface area contributed by atoms with E-state index >= 15 is 0 Å². The van der Waals surface area contributed by atoms with Crippen LogP contribution >= 0.6 is 11.6 Å². The van der Waals surface area contributed by atoms with E-state index in [1.807, 2.05) is 13.8 Å². The summed E-state index contributed by atoms with van der Waals surface area (Å²) in [6.45, 7) is 3.95. The van der Waals surface area contributed by atoms with Gasteiger partial charge in [0.25, 0.3) is 0 Å². The zero-order valence-electron chi connectivity index (χ0n) is 13.3. The molecule has 0 aliphatic carbocycles. The third-order valence-electron chi connectivity index (χ3n) is 3.13. The van der Waals surface area contributed by atoms with E-state index in [-0.39, 0.29) is 18.2 Å².